The van der Waals surface area contributed by atoms with E-state index in [-0.39, 0.29) is 18.1 Å². The maximum Gasteiger partial charge on any atom is 0.416 e. The normalized spacial score (nSPS) is 16.1. The molecule has 7 heteroatoms. The quantitative estimate of drug-likeness (QED) is 0.729. The van der Waals surface area contributed by atoms with Crippen LogP contribution in [0.25, 0.3) is 0 Å². The van der Waals surface area contributed by atoms with Crippen LogP contribution < -0.4 is 0 Å². The van der Waals surface area contributed by atoms with E-state index in [4.69, 9.17) is 0 Å². The standard InChI is InChI=1S/C21H22F4N2O/c22-19-5-2-1-4-17(19)15-26-10-3-11-27(13-12-26)20(28)14-16-6-8-18(9-7-16)21(23,24)25/h1-2,4-9H,3,10-15H2. The van der Waals surface area contributed by atoms with E-state index < -0.39 is 11.7 Å². The van der Waals surface area contributed by atoms with E-state index in [1.807, 2.05) is 0 Å². The van der Waals surface area contributed by atoms with Crippen LogP contribution in [0.1, 0.15) is 23.1 Å². The number of nitrogens with zero attached hydrogens (tertiary/aromatic N) is 2. The van der Waals surface area contributed by atoms with Crippen LogP contribution in [0.3, 0.4) is 0 Å². The van der Waals surface area contributed by atoms with Gasteiger partial charge in [-0.1, -0.05) is 30.3 Å². The highest BCUT2D eigenvalue weighted by Gasteiger charge is 2.30. The van der Waals surface area contributed by atoms with Crippen LogP contribution in [0, 0.1) is 5.82 Å². The maximum atomic E-state index is 13.8. The minimum absolute atomic E-state index is 0.0749. The molecule has 0 atom stereocenters. The third kappa shape index (κ3) is 5.32. The number of carbonyl (C=O) groups is 1. The second-order valence-electron chi connectivity index (χ2n) is 6.97. The van der Waals surface area contributed by atoms with E-state index in [9.17, 15) is 22.4 Å². The van der Waals surface area contributed by atoms with Crippen LogP contribution in [0.4, 0.5) is 17.6 Å². The summed E-state index contributed by atoms with van der Waals surface area (Å²) in [7, 11) is 0. The zero-order valence-corrected chi connectivity index (χ0v) is 15.4. The van der Waals surface area contributed by atoms with Crippen molar-refractivity contribution in [1.82, 2.24) is 9.80 Å². The van der Waals surface area contributed by atoms with Crippen LogP contribution in [0.15, 0.2) is 48.5 Å². The highest BCUT2D eigenvalue weighted by Crippen LogP contribution is 2.29. The minimum Gasteiger partial charge on any atom is -0.341 e. The van der Waals surface area contributed by atoms with E-state index in [0.29, 0.717) is 37.3 Å². The molecule has 2 aromatic carbocycles. The Morgan fingerprint density at radius 1 is 0.929 bits per heavy atom. The third-order valence-corrected chi connectivity index (χ3v) is 4.93. The fourth-order valence-electron chi connectivity index (χ4n) is 3.34. The molecule has 2 aromatic rings. The molecular formula is C21H22F4N2O. The van der Waals surface area contributed by atoms with Crippen LogP contribution >= 0.6 is 0 Å². The smallest absolute Gasteiger partial charge is 0.341 e. The lowest BCUT2D eigenvalue weighted by molar-refractivity contribution is -0.137. The second-order valence-corrected chi connectivity index (χ2v) is 6.97. The van der Waals surface area contributed by atoms with Gasteiger partial charge in [-0.25, -0.2) is 4.39 Å². The summed E-state index contributed by atoms with van der Waals surface area (Å²) in [5.41, 5.74) is 0.472. The average Bonchev–Trinajstić information content (AvgIpc) is 2.89. The van der Waals surface area contributed by atoms with Crippen LogP contribution in [0.2, 0.25) is 0 Å². The lowest BCUT2D eigenvalue weighted by atomic mass is 10.1. The summed E-state index contributed by atoms with van der Waals surface area (Å²) in [6.45, 7) is 3.00. The van der Waals surface area contributed by atoms with Gasteiger partial charge >= 0.3 is 6.18 Å². The summed E-state index contributed by atoms with van der Waals surface area (Å²) >= 11 is 0. The number of hydrogen-bond donors (Lipinski definition) is 0. The van der Waals surface area contributed by atoms with Gasteiger partial charge in [0.1, 0.15) is 5.82 Å². The summed E-state index contributed by atoms with van der Waals surface area (Å²) in [4.78, 5) is 16.4. The molecule has 1 aliphatic heterocycles. The molecule has 0 spiro atoms. The Labute approximate surface area is 161 Å². The van der Waals surface area contributed by atoms with Crippen LogP contribution in [0.5, 0.6) is 0 Å². The van der Waals surface area contributed by atoms with E-state index in [0.717, 1.165) is 25.1 Å². The van der Waals surface area contributed by atoms with Gasteiger partial charge in [-0.15, -0.1) is 0 Å². The van der Waals surface area contributed by atoms with Gasteiger partial charge in [-0.3, -0.25) is 9.69 Å². The molecule has 1 amide bonds. The lowest BCUT2D eigenvalue weighted by Crippen LogP contribution is -2.36. The first-order valence-electron chi connectivity index (χ1n) is 9.22. The molecule has 0 unspecified atom stereocenters. The summed E-state index contributed by atoms with van der Waals surface area (Å²) in [6, 6.07) is 11.4. The van der Waals surface area contributed by atoms with Gasteiger partial charge in [0.25, 0.3) is 0 Å². The topological polar surface area (TPSA) is 23.6 Å². The second kappa shape index (κ2) is 8.73. The Bertz CT molecular complexity index is 805. The van der Waals surface area contributed by atoms with Crippen molar-refractivity contribution in [3.63, 3.8) is 0 Å². The predicted octanol–water partition coefficient (Wildman–Crippen LogP) is 4.12. The van der Waals surface area contributed by atoms with Gasteiger partial charge in [0, 0.05) is 38.3 Å². The molecule has 28 heavy (non-hydrogen) atoms. The lowest BCUT2D eigenvalue weighted by Gasteiger charge is -2.22. The molecule has 1 saturated heterocycles. The van der Waals surface area contributed by atoms with Crippen LogP contribution in [-0.4, -0.2) is 41.9 Å². The van der Waals surface area contributed by atoms with Gasteiger partial charge in [-0.2, -0.15) is 13.2 Å². The SMILES string of the molecule is O=C(Cc1ccc(C(F)(F)F)cc1)N1CCCN(Cc2ccccc2F)CC1. The summed E-state index contributed by atoms with van der Waals surface area (Å²) in [5, 5.41) is 0. The van der Waals surface area contributed by atoms with Gasteiger partial charge in [0.15, 0.2) is 0 Å². The monoisotopic (exact) mass is 394 g/mol. The molecule has 0 aromatic heterocycles. The van der Waals surface area contributed by atoms with Gasteiger partial charge in [-0.05, 0) is 30.2 Å². The van der Waals surface area contributed by atoms with Crippen molar-refractivity contribution in [2.24, 2.45) is 0 Å². The Balaban J connectivity index is 1.55. The maximum absolute atomic E-state index is 13.8. The molecular weight excluding hydrogens is 372 g/mol. The Morgan fingerprint density at radius 2 is 1.64 bits per heavy atom. The molecule has 1 fully saturated rings. The van der Waals surface area contributed by atoms with Gasteiger partial charge < -0.3 is 4.90 Å². The fourth-order valence-corrected chi connectivity index (χ4v) is 3.34. The van der Waals surface area contributed by atoms with Crippen molar-refractivity contribution in [1.29, 1.82) is 0 Å². The largest absolute Gasteiger partial charge is 0.416 e. The first-order chi connectivity index (χ1) is 13.3. The van der Waals surface area contributed by atoms with E-state index in [1.165, 1.54) is 18.2 Å². The van der Waals surface area contributed by atoms with Crippen molar-refractivity contribution in [3.8, 4) is 0 Å². The number of carbonyl (C=O) groups excluding carboxylic acids is 1. The molecule has 1 aliphatic rings. The first-order valence-corrected chi connectivity index (χ1v) is 9.22. The third-order valence-electron chi connectivity index (χ3n) is 4.93. The van der Waals surface area contributed by atoms with Crippen molar-refractivity contribution in [2.45, 2.75) is 25.6 Å². The molecule has 150 valence electrons. The van der Waals surface area contributed by atoms with Crippen molar-refractivity contribution in [3.05, 3.63) is 71.0 Å². The van der Waals surface area contributed by atoms with E-state index in [1.54, 1.807) is 23.1 Å². The average molecular weight is 394 g/mol. The Hall–Kier alpha value is -2.41. The molecule has 0 radical (unpaired) electrons. The molecule has 0 aliphatic carbocycles. The van der Waals surface area contributed by atoms with Crippen molar-refractivity contribution < 1.29 is 22.4 Å². The van der Waals surface area contributed by atoms with Crippen molar-refractivity contribution >= 4 is 5.91 Å². The Kier molecular flexibility index (Phi) is 6.34. The Morgan fingerprint density at radius 3 is 2.32 bits per heavy atom. The van der Waals surface area contributed by atoms with E-state index >= 15 is 0 Å². The number of halogens is 4. The molecule has 3 nitrogen and oxygen atoms in total. The number of amides is 1. The van der Waals surface area contributed by atoms with Crippen LogP contribution in [-0.2, 0) is 23.9 Å². The van der Waals surface area contributed by atoms with Gasteiger partial charge in [0.2, 0.25) is 5.91 Å². The molecule has 3 rings (SSSR count). The van der Waals surface area contributed by atoms with Crippen molar-refractivity contribution in [2.75, 3.05) is 26.2 Å². The molecule has 0 N–H and O–H groups in total. The molecule has 0 bridgehead atoms. The summed E-state index contributed by atoms with van der Waals surface area (Å²) < 4.78 is 51.7. The summed E-state index contributed by atoms with van der Waals surface area (Å²) in [6.07, 6.45) is -3.53. The molecule has 0 saturated carbocycles. The first kappa shape index (κ1) is 20.3. The zero-order valence-electron chi connectivity index (χ0n) is 15.4. The number of hydrogen-bond acceptors (Lipinski definition) is 2. The summed E-state index contributed by atoms with van der Waals surface area (Å²) in [5.74, 6) is -0.338. The van der Waals surface area contributed by atoms with E-state index in [2.05, 4.69) is 4.90 Å². The number of benzene rings is 2. The zero-order chi connectivity index (χ0) is 20.1. The highest BCUT2D eigenvalue weighted by molar-refractivity contribution is 5.78. The minimum atomic E-state index is -4.38. The predicted molar refractivity (Wildman–Crippen MR) is 98.0 cm³/mol. The number of rotatable bonds is 4. The highest BCUT2D eigenvalue weighted by atomic mass is 19.4. The number of alkyl halides is 3. The molecule has 1 heterocycles. The van der Waals surface area contributed by atoms with Gasteiger partial charge in [0.05, 0.1) is 12.0 Å². The fraction of sp³-hybridized carbons (Fsp3) is 0.381.